The van der Waals surface area contributed by atoms with E-state index in [0.717, 1.165) is 32.1 Å². The van der Waals surface area contributed by atoms with Gasteiger partial charge in [0.25, 0.3) is 0 Å². The fourth-order valence-electron chi connectivity index (χ4n) is 2.99. The van der Waals surface area contributed by atoms with E-state index in [1.54, 1.807) is 0 Å². The van der Waals surface area contributed by atoms with Crippen LogP contribution in [0, 0.1) is 5.92 Å². The van der Waals surface area contributed by atoms with Crippen molar-refractivity contribution in [1.29, 1.82) is 0 Å². The Bertz CT molecular complexity index is 457. The quantitative estimate of drug-likeness (QED) is 0.647. The van der Waals surface area contributed by atoms with Gasteiger partial charge in [-0.3, -0.25) is 4.99 Å². The molecule has 1 unspecified atom stereocenters. The molecule has 1 N–H and O–H groups in total. The highest BCUT2D eigenvalue weighted by Crippen LogP contribution is 2.22. The molecule has 0 bridgehead atoms. The van der Waals surface area contributed by atoms with Crippen LogP contribution in [0.15, 0.2) is 35.3 Å². The summed E-state index contributed by atoms with van der Waals surface area (Å²) in [5.74, 6) is 1.71. The second-order valence-corrected chi connectivity index (χ2v) is 6.14. The second kappa shape index (κ2) is 8.66. The van der Waals surface area contributed by atoms with Gasteiger partial charge in [-0.1, -0.05) is 31.5 Å². The Balaban J connectivity index is 1.78. The van der Waals surface area contributed by atoms with Gasteiger partial charge in [-0.25, -0.2) is 0 Å². The van der Waals surface area contributed by atoms with E-state index in [1.165, 1.54) is 24.9 Å². The van der Waals surface area contributed by atoms with Crippen LogP contribution >= 0.6 is 0 Å². The maximum Gasteiger partial charge on any atom is 0.193 e. The first-order valence-electron chi connectivity index (χ1n) is 8.46. The van der Waals surface area contributed by atoms with Crippen LogP contribution in [-0.2, 0) is 0 Å². The molecule has 1 aromatic rings. The number of anilines is 1. The van der Waals surface area contributed by atoms with Gasteiger partial charge in [0.1, 0.15) is 0 Å². The van der Waals surface area contributed by atoms with Crippen LogP contribution in [0.5, 0.6) is 0 Å². The molecule has 1 fully saturated rings. The summed E-state index contributed by atoms with van der Waals surface area (Å²) in [7, 11) is 3.99. The van der Waals surface area contributed by atoms with Crippen molar-refractivity contribution in [3.8, 4) is 0 Å². The Hall–Kier alpha value is -1.71. The number of hydrogen-bond donors (Lipinski definition) is 1. The summed E-state index contributed by atoms with van der Waals surface area (Å²) in [6.07, 6.45) is 3.68. The lowest BCUT2D eigenvalue weighted by Gasteiger charge is -2.23. The number of para-hydroxylation sites is 1. The Kier molecular flexibility index (Phi) is 6.56. The van der Waals surface area contributed by atoms with Crippen LogP contribution in [0.2, 0.25) is 0 Å². The van der Waals surface area contributed by atoms with Crippen molar-refractivity contribution in [2.75, 3.05) is 45.2 Å². The third kappa shape index (κ3) is 4.65. The molecule has 1 aliphatic rings. The van der Waals surface area contributed by atoms with Crippen LogP contribution in [0.3, 0.4) is 0 Å². The molecular weight excluding hydrogens is 272 g/mol. The number of aliphatic imine (C=N–C) groups is 1. The topological polar surface area (TPSA) is 30.9 Å². The molecule has 0 aromatic heterocycles. The van der Waals surface area contributed by atoms with Gasteiger partial charge >= 0.3 is 0 Å². The van der Waals surface area contributed by atoms with Crippen molar-refractivity contribution in [2.45, 2.75) is 26.2 Å². The van der Waals surface area contributed by atoms with Gasteiger partial charge in [0, 0.05) is 46.0 Å². The van der Waals surface area contributed by atoms with Gasteiger partial charge < -0.3 is 15.1 Å². The molecule has 122 valence electrons. The molecule has 0 amide bonds. The Morgan fingerprint density at radius 2 is 2.14 bits per heavy atom. The van der Waals surface area contributed by atoms with Crippen molar-refractivity contribution < 1.29 is 0 Å². The van der Waals surface area contributed by atoms with E-state index in [2.05, 4.69) is 64.4 Å². The lowest BCUT2D eigenvalue weighted by molar-refractivity contribution is 0.454. The smallest absolute Gasteiger partial charge is 0.193 e. The molecule has 2 rings (SSSR count). The first-order valence-corrected chi connectivity index (χ1v) is 8.46. The zero-order valence-electron chi connectivity index (χ0n) is 14.3. The van der Waals surface area contributed by atoms with Gasteiger partial charge in [0.15, 0.2) is 5.96 Å². The Labute approximate surface area is 135 Å². The summed E-state index contributed by atoms with van der Waals surface area (Å²) >= 11 is 0. The fraction of sp³-hybridized carbons (Fsp3) is 0.611. The van der Waals surface area contributed by atoms with Crippen molar-refractivity contribution in [2.24, 2.45) is 10.9 Å². The number of benzene rings is 1. The standard InChI is InChI=1S/C18H30N4/c1-4-5-12-21(3)18(19-2)20-14-16-11-13-22(15-16)17-9-7-6-8-10-17/h6-10,16H,4-5,11-15H2,1-3H3,(H,19,20). The van der Waals surface area contributed by atoms with E-state index < -0.39 is 0 Å². The number of rotatable bonds is 6. The number of hydrogen-bond acceptors (Lipinski definition) is 2. The lowest BCUT2D eigenvalue weighted by Crippen LogP contribution is -2.41. The molecule has 1 aromatic carbocycles. The number of guanidine groups is 1. The van der Waals surface area contributed by atoms with Crippen molar-refractivity contribution in [3.63, 3.8) is 0 Å². The molecule has 0 radical (unpaired) electrons. The van der Waals surface area contributed by atoms with E-state index in [1.807, 2.05) is 7.05 Å². The van der Waals surface area contributed by atoms with E-state index in [0.29, 0.717) is 5.92 Å². The first-order chi connectivity index (χ1) is 10.7. The number of nitrogens with one attached hydrogen (secondary N) is 1. The minimum absolute atomic E-state index is 0.691. The molecule has 0 aliphatic carbocycles. The average Bonchev–Trinajstić information content (AvgIpc) is 3.03. The molecule has 4 heteroatoms. The monoisotopic (exact) mass is 302 g/mol. The summed E-state index contributed by atoms with van der Waals surface area (Å²) in [6.45, 7) is 6.58. The van der Waals surface area contributed by atoms with E-state index in [4.69, 9.17) is 0 Å². The van der Waals surface area contributed by atoms with Crippen molar-refractivity contribution in [3.05, 3.63) is 30.3 Å². The van der Waals surface area contributed by atoms with Crippen molar-refractivity contribution in [1.82, 2.24) is 10.2 Å². The average molecular weight is 302 g/mol. The molecule has 4 nitrogen and oxygen atoms in total. The number of unbranched alkanes of at least 4 members (excludes halogenated alkanes) is 1. The maximum atomic E-state index is 4.40. The van der Waals surface area contributed by atoms with Gasteiger partial charge in [-0.2, -0.15) is 0 Å². The van der Waals surface area contributed by atoms with Gasteiger partial charge in [-0.05, 0) is 30.9 Å². The zero-order valence-corrected chi connectivity index (χ0v) is 14.3. The molecule has 1 atom stereocenters. The van der Waals surface area contributed by atoms with Crippen LogP contribution in [0.25, 0.3) is 0 Å². The minimum Gasteiger partial charge on any atom is -0.371 e. The highest BCUT2D eigenvalue weighted by atomic mass is 15.3. The van der Waals surface area contributed by atoms with E-state index in [9.17, 15) is 0 Å². The molecule has 1 saturated heterocycles. The van der Waals surface area contributed by atoms with Crippen LogP contribution in [-0.4, -0.2) is 51.1 Å². The summed E-state index contributed by atoms with van der Waals surface area (Å²) in [5, 5.41) is 3.54. The van der Waals surface area contributed by atoms with Crippen molar-refractivity contribution >= 4 is 11.6 Å². The third-order valence-electron chi connectivity index (χ3n) is 4.38. The Morgan fingerprint density at radius 3 is 2.82 bits per heavy atom. The van der Waals surface area contributed by atoms with E-state index >= 15 is 0 Å². The summed E-state index contributed by atoms with van der Waals surface area (Å²) < 4.78 is 0. The highest BCUT2D eigenvalue weighted by Gasteiger charge is 2.22. The molecule has 0 saturated carbocycles. The van der Waals surface area contributed by atoms with Gasteiger partial charge in [0.2, 0.25) is 0 Å². The molecule has 0 spiro atoms. The summed E-state index contributed by atoms with van der Waals surface area (Å²) in [4.78, 5) is 9.11. The predicted molar refractivity (Wildman–Crippen MR) is 95.7 cm³/mol. The number of nitrogens with zero attached hydrogens (tertiary/aromatic N) is 3. The SMILES string of the molecule is CCCCN(C)C(=NC)NCC1CCN(c2ccccc2)C1. The lowest BCUT2D eigenvalue weighted by atomic mass is 10.1. The maximum absolute atomic E-state index is 4.40. The molecular formula is C18H30N4. The normalized spacial score (nSPS) is 18.6. The zero-order chi connectivity index (χ0) is 15.8. The summed E-state index contributed by atoms with van der Waals surface area (Å²) in [6, 6.07) is 10.7. The predicted octanol–water partition coefficient (Wildman–Crippen LogP) is 2.82. The highest BCUT2D eigenvalue weighted by molar-refractivity contribution is 5.79. The van der Waals surface area contributed by atoms with Crippen LogP contribution in [0.4, 0.5) is 5.69 Å². The second-order valence-electron chi connectivity index (χ2n) is 6.14. The molecule has 22 heavy (non-hydrogen) atoms. The molecule has 1 aliphatic heterocycles. The third-order valence-corrected chi connectivity index (χ3v) is 4.38. The van der Waals surface area contributed by atoms with Crippen LogP contribution in [0.1, 0.15) is 26.2 Å². The fourth-order valence-corrected chi connectivity index (χ4v) is 2.99. The largest absolute Gasteiger partial charge is 0.371 e. The van der Waals surface area contributed by atoms with Gasteiger partial charge in [0.05, 0.1) is 0 Å². The Morgan fingerprint density at radius 1 is 1.36 bits per heavy atom. The van der Waals surface area contributed by atoms with E-state index in [-0.39, 0.29) is 0 Å². The minimum atomic E-state index is 0.691. The summed E-state index contributed by atoms with van der Waals surface area (Å²) in [5.41, 5.74) is 1.34. The van der Waals surface area contributed by atoms with Crippen LogP contribution < -0.4 is 10.2 Å². The first kappa shape index (κ1) is 16.7. The van der Waals surface area contributed by atoms with Gasteiger partial charge in [-0.15, -0.1) is 0 Å². The molecule has 1 heterocycles.